The number of benzene rings is 1. The molecule has 0 aliphatic heterocycles. The lowest BCUT2D eigenvalue weighted by molar-refractivity contribution is -0.184. The number of nitrogens with zero attached hydrogens (tertiary/aromatic N) is 1. The summed E-state index contributed by atoms with van der Waals surface area (Å²) in [7, 11) is 0. The Morgan fingerprint density at radius 2 is 2.11 bits per heavy atom. The molecule has 1 heterocycles. The van der Waals surface area contributed by atoms with Gasteiger partial charge in [-0.15, -0.1) is 0 Å². The molecule has 1 aromatic carbocycles. The summed E-state index contributed by atoms with van der Waals surface area (Å²) >= 11 is 0. The maximum absolute atomic E-state index is 12.6. The van der Waals surface area contributed by atoms with Crippen LogP contribution in [0.25, 0.3) is 10.9 Å². The van der Waals surface area contributed by atoms with E-state index >= 15 is 0 Å². The molecule has 1 aromatic heterocycles. The number of nitrogens with one attached hydrogen (secondary N) is 2. The summed E-state index contributed by atoms with van der Waals surface area (Å²) in [4.78, 5) is 11.6. The van der Waals surface area contributed by atoms with E-state index in [2.05, 4.69) is 15.5 Å². The highest BCUT2D eigenvalue weighted by molar-refractivity contribution is 5.99. The number of alkyl halides is 3. The molecule has 1 atom stereocenters. The van der Waals surface area contributed by atoms with Crippen LogP contribution in [0.4, 0.5) is 18.9 Å². The van der Waals surface area contributed by atoms with Gasteiger partial charge in [-0.05, 0) is 25.1 Å². The first-order chi connectivity index (χ1) is 8.72. The highest BCUT2D eigenvalue weighted by Crippen LogP contribution is 2.29. The van der Waals surface area contributed by atoms with Crippen molar-refractivity contribution >= 4 is 22.5 Å². The standard InChI is InChI=1S/C11H11F3N4O/c1-10(15,11(12,13)14)9(19)17-7-3-2-6-5-16-18-8(6)4-7/h2-5H,15H2,1H3,(H,16,18)(H,17,19). The van der Waals surface area contributed by atoms with Crippen molar-refractivity contribution in [1.82, 2.24) is 10.2 Å². The summed E-state index contributed by atoms with van der Waals surface area (Å²) in [6, 6.07) is 4.57. The number of amides is 1. The van der Waals surface area contributed by atoms with Crippen LogP contribution in [-0.2, 0) is 4.79 Å². The summed E-state index contributed by atoms with van der Waals surface area (Å²) < 4.78 is 37.8. The number of rotatable bonds is 2. The predicted molar refractivity (Wildman–Crippen MR) is 63.4 cm³/mol. The zero-order valence-corrected chi connectivity index (χ0v) is 9.88. The smallest absolute Gasteiger partial charge is 0.324 e. The third kappa shape index (κ3) is 2.39. The fourth-order valence-electron chi connectivity index (χ4n) is 1.40. The highest BCUT2D eigenvalue weighted by Gasteiger charge is 2.53. The number of hydrogen-bond donors (Lipinski definition) is 3. The molecule has 0 aliphatic rings. The number of aromatic amines is 1. The van der Waals surface area contributed by atoms with Gasteiger partial charge in [0.05, 0.1) is 11.7 Å². The number of halogens is 3. The van der Waals surface area contributed by atoms with Gasteiger partial charge < -0.3 is 11.1 Å². The van der Waals surface area contributed by atoms with E-state index in [0.717, 1.165) is 5.39 Å². The minimum absolute atomic E-state index is 0.211. The normalized spacial score (nSPS) is 15.2. The Kier molecular flexibility index (Phi) is 2.97. The molecule has 0 saturated heterocycles. The minimum Gasteiger partial charge on any atom is -0.324 e. The molecule has 2 rings (SSSR count). The van der Waals surface area contributed by atoms with Crippen molar-refractivity contribution in [1.29, 1.82) is 0 Å². The van der Waals surface area contributed by atoms with Crippen LogP contribution in [0.1, 0.15) is 6.92 Å². The summed E-state index contributed by atoms with van der Waals surface area (Å²) in [5.74, 6) is -1.32. The first-order valence-corrected chi connectivity index (χ1v) is 5.32. The average molecular weight is 272 g/mol. The van der Waals surface area contributed by atoms with Crippen molar-refractivity contribution in [2.24, 2.45) is 5.73 Å². The number of hydrogen-bond acceptors (Lipinski definition) is 3. The zero-order chi connectivity index (χ0) is 14.3. The maximum atomic E-state index is 12.6. The van der Waals surface area contributed by atoms with E-state index in [9.17, 15) is 18.0 Å². The molecule has 8 heteroatoms. The van der Waals surface area contributed by atoms with E-state index in [0.29, 0.717) is 12.4 Å². The van der Waals surface area contributed by atoms with Crippen molar-refractivity contribution in [2.45, 2.75) is 18.6 Å². The van der Waals surface area contributed by atoms with Gasteiger partial charge in [0.25, 0.3) is 5.91 Å². The van der Waals surface area contributed by atoms with E-state index in [-0.39, 0.29) is 5.69 Å². The lowest BCUT2D eigenvalue weighted by atomic mass is 10.0. The van der Waals surface area contributed by atoms with E-state index in [1.807, 2.05) is 0 Å². The van der Waals surface area contributed by atoms with Gasteiger partial charge in [0.2, 0.25) is 0 Å². The van der Waals surface area contributed by atoms with Crippen LogP contribution in [0.15, 0.2) is 24.4 Å². The molecule has 4 N–H and O–H groups in total. The second kappa shape index (κ2) is 4.23. The molecular formula is C11H11F3N4O. The average Bonchev–Trinajstić information content (AvgIpc) is 2.74. The number of carbonyl (C=O) groups is 1. The fourth-order valence-corrected chi connectivity index (χ4v) is 1.40. The van der Waals surface area contributed by atoms with Crippen LogP contribution >= 0.6 is 0 Å². The number of carbonyl (C=O) groups excluding carboxylic acids is 1. The zero-order valence-electron chi connectivity index (χ0n) is 9.88. The van der Waals surface area contributed by atoms with Crippen molar-refractivity contribution < 1.29 is 18.0 Å². The first kappa shape index (κ1) is 13.3. The molecule has 0 saturated carbocycles. The Hall–Kier alpha value is -2.09. The second-order valence-corrected chi connectivity index (χ2v) is 4.33. The van der Waals surface area contributed by atoms with Gasteiger partial charge in [0.1, 0.15) is 0 Å². The summed E-state index contributed by atoms with van der Waals surface area (Å²) in [5.41, 5.74) is 2.88. The molecule has 19 heavy (non-hydrogen) atoms. The van der Waals surface area contributed by atoms with Crippen LogP contribution in [0.3, 0.4) is 0 Å². The topological polar surface area (TPSA) is 83.8 Å². The molecule has 102 valence electrons. The molecular weight excluding hydrogens is 261 g/mol. The Balaban J connectivity index is 2.23. The number of nitrogens with two attached hydrogens (primary N) is 1. The highest BCUT2D eigenvalue weighted by atomic mass is 19.4. The largest absolute Gasteiger partial charge is 0.415 e. The van der Waals surface area contributed by atoms with Gasteiger partial charge in [-0.25, -0.2) is 0 Å². The molecule has 2 aromatic rings. The minimum atomic E-state index is -4.82. The SMILES string of the molecule is CC(N)(C(=O)Nc1ccc2cn[nH]c2c1)C(F)(F)F. The summed E-state index contributed by atoms with van der Waals surface area (Å²) in [6.07, 6.45) is -3.27. The number of anilines is 1. The van der Waals surface area contributed by atoms with Crippen LogP contribution < -0.4 is 11.1 Å². The van der Waals surface area contributed by atoms with Crippen LogP contribution in [0, 0.1) is 0 Å². The lowest BCUT2D eigenvalue weighted by Crippen LogP contribution is -2.59. The van der Waals surface area contributed by atoms with Gasteiger partial charge in [0, 0.05) is 11.1 Å². The van der Waals surface area contributed by atoms with Gasteiger partial charge in [-0.2, -0.15) is 18.3 Å². The molecule has 0 fully saturated rings. The summed E-state index contributed by atoms with van der Waals surface area (Å²) in [5, 5.41) is 9.34. The van der Waals surface area contributed by atoms with Gasteiger partial charge in [-0.3, -0.25) is 9.89 Å². The van der Waals surface area contributed by atoms with Crippen LogP contribution in [0.5, 0.6) is 0 Å². The predicted octanol–water partition coefficient (Wildman–Crippen LogP) is 1.78. The molecule has 0 aliphatic carbocycles. The van der Waals surface area contributed by atoms with Gasteiger partial charge in [0.15, 0.2) is 5.54 Å². The van der Waals surface area contributed by atoms with Crippen LogP contribution in [-0.4, -0.2) is 27.8 Å². The third-order valence-corrected chi connectivity index (χ3v) is 2.76. The van der Waals surface area contributed by atoms with Gasteiger partial charge in [-0.1, -0.05) is 0 Å². The van der Waals surface area contributed by atoms with Crippen molar-refractivity contribution in [2.75, 3.05) is 5.32 Å². The van der Waals surface area contributed by atoms with Crippen molar-refractivity contribution in [3.05, 3.63) is 24.4 Å². The monoisotopic (exact) mass is 272 g/mol. The molecule has 1 amide bonds. The number of aromatic nitrogens is 2. The van der Waals surface area contributed by atoms with Crippen LogP contribution in [0.2, 0.25) is 0 Å². The molecule has 0 radical (unpaired) electrons. The van der Waals surface area contributed by atoms with Crippen molar-refractivity contribution in [3.8, 4) is 0 Å². The van der Waals surface area contributed by atoms with Gasteiger partial charge >= 0.3 is 6.18 Å². The Morgan fingerprint density at radius 3 is 2.74 bits per heavy atom. The third-order valence-electron chi connectivity index (χ3n) is 2.76. The molecule has 0 spiro atoms. The fraction of sp³-hybridized carbons (Fsp3) is 0.273. The first-order valence-electron chi connectivity index (χ1n) is 5.32. The van der Waals surface area contributed by atoms with Crippen molar-refractivity contribution in [3.63, 3.8) is 0 Å². The van der Waals surface area contributed by atoms with E-state index in [1.54, 1.807) is 12.3 Å². The number of fused-ring (bicyclic) bond motifs is 1. The quantitative estimate of drug-likeness (QED) is 0.779. The summed E-state index contributed by atoms with van der Waals surface area (Å²) in [6.45, 7) is 0.622. The second-order valence-electron chi connectivity index (χ2n) is 4.33. The van der Waals surface area contributed by atoms with E-state index in [4.69, 9.17) is 5.73 Å². The van der Waals surface area contributed by atoms with E-state index in [1.165, 1.54) is 12.1 Å². The number of H-pyrrole nitrogens is 1. The molecule has 1 unspecified atom stereocenters. The Labute approximate surface area is 106 Å². The molecule has 0 bridgehead atoms. The van der Waals surface area contributed by atoms with E-state index < -0.39 is 17.6 Å². The Morgan fingerprint density at radius 1 is 1.42 bits per heavy atom. The molecule has 5 nitrogen and oxygen atoms in total. The lowest BCUT2D eigenvalue weighted by Gasteiger charge is -2.26. The maximum Gasteiger partial charge on any atom is 0.415 e. The Bertz CT molecular complexity index is 618.